The van der Waals surface area contributed by atoms with E-state index >= 15 is 0 Å². The van der Waals surface area contributed by atoms with Crippen molar-refractivity contribution in [1.82, 2.24) is 19.4 Å². The Bertz CT molecular complexity index is 1200. The predicted molar refractivity (Wildman–Crippen MR) is 124 cm³/mol. The number of fused-ring (bicyclic) bond motifs is 1. The molecule has 8 nitrogen and oxygen atoms in total. The number of aromatic nitrogens is 3. The Hall–Kier alpha value is -3.91. The summed E-state index contributed by atoms with van der Waals surface area (Å²) >= 11 is 0. The number of hydrogen-bond acceptors (Lipinski definition) is 6. The number of anilines is 3. The van der Waals surface area contributed by atoms with Gasteiger partial charge in [-0.3, -0.25) is 4.79 Å². The van der Waals surface area contributed by atoms with Crippen LogP contribution in [0.4, 0.5) is 17.3 Å². The number of primary amides is 1. The second-order valence-corrected chi connectivity index (χ2v) is 7.47. The summed E-state index contributed by atoms with van der Waals surface area (Å²) < 4.78 is 1.85. The minimum absolute atomic E-state index is 0.459. The summed E-state index contributed by atoms with van der Waals surface area (Å²) in [6, 6.07) is 17.4. The highest BCUT2D eigenvalue weighted by Crippen LogP contribution is 2.24. The standard InChI is InChI=1S/C23H25N7O/c1-29(2)14-13-25-16-7-9-17(10-8-16)27-23-26-12-11-21(28-23)30-15-19(22(24)31)18-5-3-4-6-20(18)30/h3-12,15,25H,13-14H2,1-2H3,(H2,24,31)(H,26,27,28). The maximum absolute atomic E-state index is 11.9. The number of nitrogens with one attached hydrogen (secondary N) is 2. The molecule has 4 aromatic rings. The van der Waals surface area contributed by atoms with Crippen LogP contribution in [0.3, 0.4) is 0 Å². The predicted octanol–water partition coefficient (Wildman–Crippen LogP) is 3.24. The molecule has 2 aromatic heterocycles. The first-order valence-electron chi connectivity index (χ1n) is 10.0. The third-order valence-corrected chi connectivity index (χ3v) is 4.89. The fraction of sp³-hybridized carbons (Fsp3) is 0.174. The van der Waals surface area contributed by atoms with E-state index in [-0.39, 0.29) is 0 Å². The third kappa shape index (κ3) is 4.65. The number of hydrogen-bond donors (Lipinski definition) is 3. The van der Waals surface area contributed by atoms with Crippen LogP contribution >= 0.6 is 0 Å². The van der Waals surface area contributed by atoms with Crippen molar-refractivity contribution in [2.75, 3.05) is 37.8 Å². The zero-order valence-electron chi connectivity index (χ0n) is 17.5. The van der Waals surface area contributed by atoms with Crippen LogP contribution in [0.15, 0.2) is 67.0 Å². The molecule has 0 aliphatic rings. The van der Waals surface area contributed by atoms with E-state index in [0.717, 1.165) is 35.4 Å². The van der Waals surface area contributed by atoms with Gasteiger partial charge < -0.3 is 25.8 Å². The first-order chi connectivity index (χ1) is 15.0. The Balaban J connectivity index is 1.55. The number of nitrogens with zero attached hydrogens (tertiary/aromatic N) is 4. The van der Waals surface area contributed by atoms with Gasteiger partial charge in [-0.1, -0.05) is 18.2 Å². The maximum Gasteiger partial charge on any atom is 0.250 e. The zero-order valence-corrected chi connectivity index (χ0v) is 17.5. The lowest BCUT2D eigenvalue weighted by Crippen LogP contribution is -2.20. The summed E-state index contributed by atoms with van der Waals surface area (Å²) in [7, 11) is 4.10. The molecule has 0 saturated carbocycles. The van der Waals surface area contributed by atoms with Crippen LogP contribution in [0.5, 0.6) is 0 Å². The highest BCUT2D eigenvalue weighted by Gasteiger charge is 2.14. The van der Waals surface area contributed by atoms with Gasteiger partial charge in [-0.2, -0.15) is 4.98 Å². The summed E-state index contributed by atoms with van der Waals surface area (Å²) in [6.45, 7) is 1.84. The van der Waals surface area contributed by atoms with Crippen LogP contribution in [-0.2, 0) is 0 Å². The van der Waals surface area contributed by atoms with Gasteiger partial charge in [-0.05, 0) is 50.5 Å². The number of para-hydroxylation sites is 1. The molecule has 0 aliphatic carbocycles. The number of benzene rings is 2. The van der Waals surface area contributed by atoms with Gasteiger partial charge in [0, 0.05) is 42.2 Å². The maximum atomic E-state index is 11.9. The lowest BCUT2D eigenvalue weighted by Gasteiger charge is -2.12. The Kier molecular flexibility index (Phi) is 5.81. The highest BCUT2D eigenvalue weighted by atomic mass is 16.1. The van der Waals surface area contributed by atoms with Crippen LogP contribution in [0, 0.1) is 0 Å². The molecule has 0 radical (unpaired) electrons. The van der Waals surface area contributed by atoms with Crippen LogP contribution in [0.25, 0.3) is 16.7 Å². The minimum Gasteiger partial charge on any atom is -0.384 e. The Labute approximate surface area is 180 Å². The smallest absolute Gasteiger partial charge is 0.250 e. The fourth-order valence-corrected chi connectivity index (χ4v) is 3.33. The summed E-state index contributed by atoms with van der Waals surface area (Å²) in [5.74, 6) is 0.633. The van der Waals surface area contributed by atoms with Crippen LogP contribution in [0.1, 0.15) is 10.4 Å². The number of likely N-dealkylation sites (N-methyl/N-ethyl adjacent to an activating group) is 1. The number of rotatable bonds is 8. The first-order valence-corrected chi connectivity index (χ1v) is 10.0. The van der Waals surface area contributed by atoms with E-state index in [0.29, 0.717) is 17.3 Å². The van der Waals surface area contributed by atoms with Gasteiger partial charge in [0.25, 0.3) is 5.91 Å². The average Bonchev–Trinajstić information content (AvgIpc) is 3.15. The molecule has 8 heteroatoms. The first kappa shape index (κ1) is 20.4. The molecule has 2 heterocycles. The molecule has 4 N–H and O–H groups in total. The molecule has 4 rings (SSSR count). The van der Waals surface area contributed by atoms with Gasteiger partial charge >= 0.3 is 0 Å². The number of nitrogens with two attached hydrogens (primary N) is 1. The second-order valence-electron chi connectivity index (χ2n) is 7.47. The van der Waals surface area contributed by atoms with E-state index in [9.17, 15) is 4.79 Å². The average molecular weight is 416 g/mol. The SMILES string of the molecule is CN(C)CCNc1ccc(Nc2nccc(-n3cc(C(N)=O)c4ccccc43)n2)cc1. The molecule has 2 aromatic carbocycles. The van der Waals surface area contributed by atoms with Gasteiger partial charge in [0.15, 0.2) is 0 Å². The van der Waals surface area contributed by atoms with E-state index in [1.807, 2.05) is 67.2 Å². The Morgan fingerprint density at radius 2 is 1.81 bits per heavy atom. The molecule has 0 fully saturated rings. The molecular formula is C23H25N7O. The van der Waals surface area contributed by atoms with E-state index in [1.165, 1.54) is 0 Å². The summed E-state index contributed by atoms with van der Waals surface area (Å²) in [6.07, 6.45) is 3.40. The van der Waals surface area contributed by atoms with Gasteiger partial charge in [0.2, 0.25) is 5.95 Å². The van der Waals surface area contributed by atoms with Crippen LogP contribution < -0.4 is 16.4 Å². The molecule has 0 saturated heterocycles. The number of carbonyl (C=O) groups is 1. The van der Waals surface area contributed by atoms with Gasteiger partial charge in [0.05, 0.1) is 11.1 Å². The highest BCUT2D eigenvalue weighted by molar-refractivity contribution is 6.06. The molecule has 158 valence electrons. The molecule has 0 aliphatic heterocycles. The fourth-order valence-electron chi connectivity index (χ4n) is 3.33. The van der Waals surface area contributed by atoms with Crippen molar-refractivity contribution in [3.63, 3.8) is 0 Å². The summed E-state index contributed by atoms with van der Waals surface area (Å²) in [4.78, 5) is 22.9. The summed E-state index contributed by atoms with van der Waals surface area (Å²) in [5, 5.41) is 7.41. The molecule has 0 spiro atoms. The lowest BCUT2D eigenvalue weighted by atomic mass is 10.2. The van der Waals surface area contributed by atoms with Gasteiger partial charge in [0.1, 0.15) is 5.82 Å². The second kappa shape index (κ2) is 8.85. The lowest BCUT2D eigenvalue weighted by molar-refractivity contribution is 0.100. The topological polar surface area (TPSA) is 101 Å². The molecule has 0 atom stereocenters. The molecule has 0 unspecified atom stereocenters. The van der Waals surface area contributed by atoms with Crippen LogP contribution in [-0.4, -0.2) is 52.5 Å². The van der Waals surface area contributed by atoms with Crippen molar-refractivity contribution < 1.29 is 4.79 Å². The van der Waals surface area contributed by atoms with Gasteiger partial charge in [-0.15, -0.1) is 0 Å². The number of amides is 1. The molecule has 1 amide bonds. The van der Waals surface area contributed by atoms with Gasteiger partial charge in [-0.25, -0.2) is 4.98 Å². The summed E-state index contributed by atoms with van der Waals surface area (Å²) in [5.41, 5.74) is 8.81. The number of carbonyl (C=O) groups excluding carboxylic acids is 1. The zero-order chi connectivity index (χ0) is 21.8. The van der Waals surface area contributed by atoms with E-state index in [1.54, 1.807) is 18.5 Å². The van der Waals surface area contributed by atoms with Crippen LogP contribution in [0.2, 0.25) is 0 Å². The Morgan fingerprint density at radius 3 is 2.55 bits per heavy atom. The minimum atomic E-state index is -0.471. The van der Waals surface area contributed by atoms with E-state index in [2.05, 4.69) is 25.5 Å². The van der Waals surface area contributed by atoms with Crippen molar-refractivity contribution in [3.05, 3.63) is 72.6 Å². The monoisotopic (exact) mass is 415 g/mol. The van der Waals surface area contributed by atoms with E-state index < -0.39 is 5.91 Å². The van der Waals surface area contributed by atoms with Crippen molar-refractivity contribution in [1.29, 1.82) is 0 Å². The van der Waals surface area contributed by atoms with Crippen molar-refractivity contribution in [2.45, 2.75) is 0 Å². The van der Waals surface area contributed by atoms with Crippen molar-refractivity contribution >= 4 is 34.1 Å². The van der Waals surface area contributed by atoms with E-state index in [4.69, 9.17) is 5.73 Å². The quantitative estimate of drug-likeness (QED) is 0.408. The largest absolute Gasteiger partial charge is 0.384 e. The Morgan fingerprint density at radius 1 is 1.06 bits per heavy atom. The molecular weight excluding hydrogens is 390 g/mol. The molecule has 31 heavy (non-hydrogen) atoms. The normalized spacial score (nSPS) is 11.1. The van der Waals surface area contributed by atoms with Crippen molar-refractivity contribution in [2.24, 2.45) is 5.73 Å². The third-order valence-electron chi connectivity index (χ3n) is 4.89. The molecule has 0 bridgehead atoms. The van der Waals surface area contributed by atoms with Crippen molar-refractivity contribution in [3.8, 4) is 5.82 Å².